The van der Waals surface area contributed by atoms with Crippen molar-refractivity contribution in [2.45, 2.75) is 45.2 Å². The first-order valence-electron chi connectivity index (χ1n) is 13.7. The number of likely N-dealkylation sites (N-methyl/N-ethyl adjacent to an activating group) is 1. The van der Waals surface area contributed by atoms with Crippen molar-refractivity contribution in [2.24, 2.45) is 0 Å². The summed E-state index contributed by atoms with van der Waals surface area (Å²) < 4.78 is 48.0. The smallest absolute Gasteiger partial charge is 0.393 e. The molecule has 0 spiro atoms. The Morgan fingerprint density at radius 3 is 2.56 bits per heavy atom. The largest absolute Gasteiger partial charge is 0.493 e. The van der Waals surface area contributed by atoms with Gasteiger partial charge in [-0.2, -0.15) is 23.4 Å². The lowest BCUT2D eigenvalue weighted by atomic mass is 9.90. The average Bonchev–Trinajstić information content (AvgIpc) is 3.61. The lowest BCUT2D eigenvalue weighted by molar-refractivity contribution is -0.133. The van der Waals surface area contributed by atoms with Gasteiger partial charge in [0.05, 0.1) is 31.5 Å². The van der Waals surface area contributed by atoms with Gasteiger partial charge < -0.3 is 9.64 Å². The van der Waals surface area contributed by atoms with E-state index in [0.717, 1.165) is 31.5 Å². The Kier molecular flexibility index (Phi) is 8.25. The summed E-state index contributed by atoms with van der Waals surface area (Å²) in [5, 5.41) is 11.1. The standard InChI is InChI=1S/C28H33F3N8O2/c1-4-37(5-2)16-24(40)38-10-8-18(9-11-38)19-6-7-22(32-14-19)26-21(13-28(29,30)31)25(35-36-26)20-12-23(41-3)27-33-17-34-39(27)15-20/h6-7,12,14-15,17-18H,4-5,8-11,13,16H2,1-3H3,(H,35,36). The van der Waals surface area contributed by atoms with E-state index in [1.807, 2.05) is 24.8 Å². The van der Waals surface area contributed by atoms with E-state index in [4.69, 9.17) is 4.74 Å². The average molecular weight is 571 g/mol. The number of nitrogens with one attached hydrogen (secondary N) is 1. The zero-order chi connectivity index (χ0) is 29.1. The molecule has 1 amide bonds. The molecule has 4 aromatic heterocycles. The zero-order valence-electron chi connectivity index (χ0n) is 23.3. The molecule has 1 fully saturated rings. The van der Waals surface area contributed by atoms with Crippen LogP contribution in [0.1, 0.15) is 43.7 Å². The number of nitrogens with zero attached hydrogens (tertiary/aromatic N) is 7. The van der Waals surface area contributed by atoms with Crippen molar-refractivity contribution in [3.63, 3.8) is 0 Å². The molecule has 0 radical (unpaired) electrons. The molecule has 5 heterocycles. The molecule has 4 aromatic rings. The number of ether oxygens (including phenoxy) is 1. The fraction of sp³-hybridized carbons (Fsp3) is 0.464. The number of fused-ring (bicyclic) bond motifs is 1. The van der Waals surface area contributed by atoms with Crippen LogP contribution in [0, 0.1) is 0 Å². The van der Waals surface area contributed by atoms with Crippen LogP contribution in [0.3, 0.4) is 0 Å². The molecular weight excluding hydrogens is 537 g/mol. The summed E-state index contributed by atoms with van der Waals surface area (Å²) in [5.74, 6) is 0.741. The number of carbonyl (C=O) groups is 1. The van der Waals surface area contributed by atoms with E-state index in [-0.39, 0.29) is 28.8 Å². The number of likely N-dealkylation sites (tertiary alicyclic amines) is 1. The fourth-order valence-electron chi connectivity index (χ4n) is 5.36. The molecule has 218 valence electrons. The van der Waals surface area contributed by atoms with Crippen molar-refractivity contribution in [2.75, 3.05) is 39.8 Å². The van der Waals surface area contributed by atoms with Crippen LogP contribution in [-0.4, -0.2) is 91.5 Å². The van der Waals surface area contributed by atoms with Crippen LogP contribution in [0.2, 0.25) is 0 Å². The van der Waals surface area contributed by atoms with Gasteiger partial charge in [-0.25, -0.2) is 9.50 Å². The first-order chi connectivity index (χ1) is 19.7. The monoisotopic (exact) mass is 570 g/mol. The second-order valence-electron chi connectivity index (χ2n) is 10.1. The van der Waals surface area contributed by atoms with Gasteiger partial charge in [-0.05, 0) is 49.5 Å². The summed E-state index contributed by atoms with van der Waals surface area (Å²) in [5.41, 5.74) is 2.55. The number of aromatic nitrogens is 6. The molecule has 5 rings (SSSR count). The highest BCUT2D eigenvalue weighted by Gasteiger charge is 2.33. The molecule has 1 aliphatic heterocycles. The number of methoxy groups -OCH3 is 1. The number of pyridine rings is 2. The highest BCUT2D eigenvalue weighted by atomic mass is 19.4. The van der Waals surface area contributed by atoms with Gasteiger partial charge in [-0.1, -0.05) is 19.9 Å². The van der Waals surface area contributed by atoms with Gasteiger partial charge in [0.25, 0.3) is 0 Å². The van der Waals surface area contributed by atoms with E-state index in [0.29, 0.717) is 42.3 Å². The van der Waals surface area contributed by atoms with Gasteiger partial charge in [-0.15, -0.1) is 0 Å². The van der Waals surface area contributed by atoms with Crippen molar-refractivity contribution in [1.29, 1.82) is 0 Å². The minimum absolute atomic E-state index is 0.0145. The first kappa shape index (κ1) is 28.5. The minimum Gasteiger partial charge on any atom is -0.493 e. The molecule has 0 aromatic carbocycles. The Hall–Kier alpha value is -4.00. The Morgan fingerprint density at radius 2 is 1.93 bits per heavy atom. The van der Waals surface area contributed by atoms with Crippen molar-refractivity contribution in [1.82, 2.24) is 39.6 Å². The highest BCUT2D eigenvalue weighted by molar-refractivity contribution is 5.78. The number of carbonyl (C=O) groups excluding carboxylic acids is 1. The summed E-state index contributed by atoms with van der Waals surface area (Å²) in [6.45, 7) is 7.54. The molecule has 41 heavy (non-hydrogen) atoms. The van der Waals surface area contributed by atoms with Gasteiger partial charge >= 0.3 is 6.18 Å². The lowest BCUT2D eigenvalue weighted by Gasteiger charge is -2.33. The van der Waals surface area contributed by atoms with E-state index in [1.165, 1.54) is 18.0 Å². The third kappa shape index (κ3) is 6.19. The maximum absolute atomic E-state index is 13.7. The third-order valence-electron chi connectivity index (χ3n) is 7.70. The van der Waals surface area contributed by atoms with Crippen molar-refractivity contribution in [3.8, 4) is 28.4 Å². The minimum atomic E-state index is -4.47. The highest BCUT2D eigenvalue weighted by Crippen LogP contribution is 2.36. The Morgan fingerprint density at radius 1 is 1.17 bits per heavy atom. The van der Waals surface area contributed by atoms with Crippen molar-refractivity contribution in [3.05, 3.63) is 48.0 Å². The van der Waals surface area contributed by atoms with E-state index in [9.17, 15) is 18.0 Å². The predicted octanol–water partition coefficient (Wildman–Crippen LogP) is 4.34. The number of hydrogen-bond donors (Lipinski definition) is 1. The molecule has 13 heteroatoms. The molecule has 0 bridgehead atoms. The van der Waals surface area contributed by atoms with Crippen LogP contribution in [0.15, 0.2) is 36.9 Å². The van der Waals surface area contributed by atoms with E-state index >= 15 is 0 Å². The maximum atomic E-state index is 13.7. The molecule has 0 aliphatic carbocycles. The summed E-state index contributed by atoms with van der Waals surface area (Å²) in [6.07, 6.45) is 0.602. The molecule has 0 atom stereocenters. The molecule has 10 nitrogen and oxygen atoms in total. The third-order valence-corrected chi connectivity index (χ3v) is 7.70. The Labute approximate surface area is 235 Å². The van der Waals surface area contributed by atoms with Crippen LogP contribution in [0.25, 0.3) is 28.3 Å². The van der Waals surface area contributed by atoms with Gasteiger partial charge in [0.2, 0.25) is 5.91 Å². The van der Waals surface area contributed by atoms with E-state index in [2.05, 4.69) is 30.2 Å². The summed E-state index contributed by atoms with van der Waals surface area (Å²) in [4.78, 5) is 25.3. The first-order valence-corrected chi connectivity index (χ1v) is 13.7. The Balaban J connectivity index is 1.36. The lowest BCUT2D eigenvalue weighted by Crippen LogP contribution is -2.43. The van der Waals surface area contributed by atoms with Gasteiger partial charge in [0, 0.05) is 36.6 Å². The summed E-state index contributed by atoms with van der Waals surface area (Å²) >= 11 is 0. The van der Waals surface area contributed by atoms with Gasteiger partial charge in [0.1, 0.15) is 12.0 Å². The number of H-pyrrole nitrogens is 1. The van der Waals surface area contributed by atoms with Crippen LogP contribution < -0.4 is 4.74 Å². The maximum Gasteiger partial charge on any atom is 0.393 e. The molecule has 1 aliphatic rings. The number of amides is 1. The number of aromatic amines is 1. The molecule has 0 unspecified atom stereocenters. The number of hydrogen-bond acceptors (Lipinski definition) is 7. The number of halogens is 3. The zero-order valence-corrected chi connectivity index (χ0v) is 23.3. The fourth-order valence-corrected chi connectivity index (χ4v) is 5.36. The van der Waals surface area contributed by atoms with Crippen LogP contribution >= 0.6 is 0 Å². The summed E-state index contributed by atoms with van der Waals surface area (Å²) in [7, 11) is 1.46. The molecule has 0 saturated carbocycles. The van der Waals surface area contributed by atoms with E-state index < -0.39 is 12.6 Å². The molecule has 1 N–H and O–H groups in total. The number of alkyl halides is 3. The normalized spacial score (nSPS) is 14.8. The van der Waals surface area contributed by atoms with E-state index in [1.54, 1.807) is 24.5 Å². The van der Waals surface area contributed by atoms with Gasteiger partial charge in [0.15, 0.2) is 11.4 Å². The van der Waals surface area contributed by atoms with Crippen LogP contribution in [0.5, 0.6) is 5.75 Å². The SMILES string of the molecule is CCN(CC)CC(=O)N1CCC(c2ccc(-c3n[nH]c(-c4cc(OC)c5ncnn5c4)c3CC(F)(F)F)nc2)CC1. The quantitative estimate of drug-likeness (QED) is 0.319. The van der Waals surface area contributed by atoms with Crippen LogP contribution in [0.4, 0.5) is 13.2 Å². The van der Waals surface area contributed by atoms with Crippen molar-refractivity contribution < 1.29 is 22.7 Å². The number of rotatable bonds is 9. The van der Waals surface area contributed by atoms with Crippen molar-refractivity contribution >= 4 is 11.6 Å². The number of piperidine rings is 1. The summed E-state index contributed by atoms with van der Waals surface area (Å²) in [6, 6.07) is 5.22. The molecule has 1 saturated heterocycles. The molecular formula is C28H33F3N8O2. The second kappa shape index (κ2) is 11.9. The second-order valence-corrected chi connectivity index (χ2v) is 10.1. The van der Waals surface area contributed by atoms with Gasteiger partial charge in [-0.3, -0.25) is 19.8 Å². The topological polar surface area (TPSA) is 105 Å². The predicted molar refractivity (Wildman–Crippen MR) is 146 cm³/mol. The van der Waals surface area contributed by atoms with Crippen LogP contribution in [-0.2, 0) is 11.2 Å². The Bertz CT molecular complexity index is 1490.